The highest BCUT2D eigenvalue weighted by Crippen LogP contribution is 2.34. The van der Waals surface area contributed by atoms with E-state index in [1.807, 2.05) is 39.0 Å². The molecular formula is C30H39N3O4. The first-order valence-electron chi connectivity index (χ1n) is 13.5. The molecule has 2 unspecified atom stereocenters. The second-order valence-corrected chi connectivity index (χ2v) is 11.4. The van der Waals surface area contributed by atoms with Crippen LogP contribution < -0.4 is 5.32 Å². The molecular weight excluding hydrogens is 466 g/mol. The first kappa shape index (κ1) is 26.8. The molecule has 4 rings (SSSR count). The van der Waals surface area contributed by atoms with E-state index in [1.165, 1.54) is 5.57 Å². The first-order chi connectivity index (χ1) is 17.6. The number of hydrogen-bond acceptors (Lipinski definition) is 4. The molecule has 1 aromatic rings. The molecule has 7 heteroatoms. The SMILES string of the molecule is CCC1=CC=C(C(=O)NC(C)(CC(C)C)C(=O)N2CC[C@@H]3[C@H]2C(=O)CN3C(=O)c2ccccc2)C(C)C1. The lowest BCUT2D eigenvalue weighted by atomic mass is 9.85. The van der Waals surface area contributed by atoms with E-state index in [4.69, 9.17) is 0 Å². The molecule has 37 heavy (non-hydrogen) atoms. The Kier molecular flexibility index (Phi) is 7.72. The standard InChI is InChI=1S/C30H39N3O4/c1-6-21-12-13-23(20(4)16-21)27(35)31-30(5,17-19(2)3)29(37)32-15-14-24-26(32)25(34)18-33(24)28(36)22-10-8-7-9-11-22/h7-13,19-20,24,26H,6,14-18H2,1-5H3,(H,31,35)/t20?,24-,26+,30?/m1/s1. The number of benzene rings is 1. The minimum Gasteiger partial charge on any atom is -0.338 e. The van der Waals surface area contributed by atoms with E-state index in [1.54, 1.807) is 41.0 Å². The molecule has 0 radical (unpaired) electrons. The Balaban J connectivity index is 1.55. The Morgan fingerprint density at radius 1 is 1.11 bits per heavy atom. The number of nitrogens with one attached hydrogen (secondary N) is 1. The number of Topliss-reactive ketones (excluding diaryl/α,β-unsaturated/α-hetero) is 1. The fraction of sp³-hybridized carbons (Fsp3) is 0.533. The molecule has 0 aromatic heterocycles. The molecule has 1 N–H and O–H groups in total. The number of amides is 3. The Labute approximate surface area is 220 Å². The van der Waals surface area contributed by atoms with Crippen LogP contribution in [0.5, 0.6) is 0 Å². The Morgan fingerprint density at radius 3 is 2.43 bits per heavy atom. The fourth-order valence-corrected chi connectivity index (χ4v) is 6.22. The number of carbonyl (C=O) groups is 4. The molecule has 0 bridgehead atoms. The van der Waals surface area contributed by atoms with Crippen LogP contribution in [-0.4, -0.2) is 64.0 Å². The molecule has 2 fully saturated rings. The van der Waals surface area contributed by atoms with Gasteiger partial charge in [0.1, 0.15) is 11.6 Å². The number of ketones is 1. The summed E-state index contributed by atoms with van der Waals surface area (Å²) in [6.07, 6.45) is 6.66. The second kappa shape index (κ2) is 10.6. The van der Waals surface area contributed by atoms with Crippen LogP contribution in [0.4, 0.5) is 0 Å². The van der Waals surface area contributed by atoms with Crippen molar-refractivity contribution in [1.29, 1.82) is 0 Å². The van der Waals surface area contributed by atoms with Gasteiger partial charge in [-0.15, -0.1) is 0 Å². The molecule has 3 aliphatic rings. The zero-order valence-corrected chi connectivity index (χ0v) is 22.6. The number of hydrogen-bond donors (Lipinski definition) is 1. The van der Waals surface area contributed by atoms with Crippen molar-refractivity contribution < 1.29 is 19.2 Å². The van der Waals surface area contributed by atoms with Crippen molar-refractivity contribution in [3.8, 4) is 0 Å². The molecule has 4 atom stereocenters. The van der Waals surface area contributed by atoms with Gasteiger partial charge >= 0.3 is 0 Å². The number of nitrogens with zero attached hydrogens (tertiary/aromatic N) is 2. The van der Waals surface area contributed by atoms with Crippen molar-refractivity contribution in [3.63, 3.8) is 0 Å². The second-order valence-electron chi connectivity index (χ2n) is 11.4. The van der Waals surface area contributed by atoms with Crippen LogP contribution >= 0.6 is 0 Å². The summed E-state index contributed by atoms with van der Waals surface area (Å²) in [5, 5.41) is 3.07. The van der Waals surface area contributed by atoms with Gasteiger partial charge in [0, 0.05) is 17.7 Å². The van der Waals surface area contributed by atoms with Crippen LogP contribution in [0, 0.1) is 11.8 Å². The third-order valence-corrected chi connectivity index (χ3v) is 7.96. The summed E-state index contributed by atoms with van der Waals surface area (Å²) in [5.41, 5.74) is 1.36. The van der Waals surface area contributed by atoms with Crippen molar-refractivity contribution in [3.05, 3.63) is 59.2 Å². The Hall–Kier alpha value is -3.22. The van der Waals surface area contributed by atoms with Crippen LogP contribution in [0.3, 0.4) is 0 Å². The normalized spacial score (nSPS) is 24.9. The van der Waals surface area contributed by atoms with Crippen LogP contribution in [0.15, 0.2) is 53.6 Å². The highest BCUT2D eigenvalue weighted by Gasteiger charge is 2.54. The van der Waals surface area contributed by atoms with E-state index in [-0.39, 0.29) is 47.9 Å². The van der Waals surface area contributed by atoms with Crippen molar-refractivity contribution in [2.24, 2.45) is 11.8 Å². The van der Waals surface area contributed by atoms with Crippen LogP contribution in [0.1, 0.15) is 70.7 Å². The lowest BCUT2D eigenvalue weighted by molar-refractivity contribution is -0.144. The maximum absolute atomic E-state index is 14.1. The van der Waals surface area contributed by atoms with Gasteiger partial charge in [0.2, 0.25) is 11.8 Å². The van der Waals surface area contributed by atoms with Crippen molar-refractivity contribution in [2.75, 3.05) is 13.1 Å². The van der Waals surface area contributed by atoms with Gasteiger partial charge in [-0.1, -0.05) is 63.6 Å². The minimum absolute atomic E-state index is 0.00338. The molecule has 0 spiro atoms. The zero-order chi connectivity index (χ0) is 26.9. The van der Waals surface area contributed by atoms with Gasteiger partial charge in [-0.05, 0) is 56.6 Å². The molecule has 7 nitrogen and oxygen atoms in total. The number of carbonyl (C=O) groups excluding carboxylic acids is 4. The van der Waals surface area contributed by atoms with E-state index in [2.05, 4.69) is 12.2 Å². The average Bonchev–Trinajstić information content (AvgIpc) is 3.44. The third-order valence-electron chi connectivity index (χ3n) is 7.96. The van der Waals surface area contributed by atoms with Crippen molar-refractivity contribution in [1.82, 2.24) is 15.1 Å². The monoisotopic (exact) mass is 505 g/mol. The summed E-state index contributed by atoms with van der Waals surface area (Å²) in [5.74, 6) is -0.579. The summed E-state index contributed by atoms with van der Waals surface area (Å²) in [4.78, 5) is 57.0. The van der Waals surface area contributed by atoms with E-state index < -0.39 is 11.6 Å². The average molecular weight is 506 g/mol. The lowest BCUT2D eigenvalue weighted by Gasteiger charge is -2.37. The lowest BCUT2D eigenvalue weighted by Crippen LogP contribution is -2.60. The van der Waals surface area contributed by atoms with Crippen LogP contribution in [0.2, 0.25) is 0 Å². The van der Waals surface area contributed by atoms with E-state index in [9.17, 15) is 19.2 Å². The van der Waals surface area contributed by atoms with Gasteiger partial charge in [-0.2, -0.15) is 0 Å². The summed E-state index contributed by atoms with van der Waals surface area (Å²) >= 11 is 0. The van der Waals surface area contributed by atoms with Gasteiger partial charge in [-0.25, -0.2) is 0 Å². The quantitative estimate of drug-likeness (QED) is 0.609. The van der Waals surface area contributed by atoms with E-state index in [0.717, 1.165) is 12.8 Å². The summed E-state index contributed by atoms with van der Waals surface area (Å²) < 4.78 is 0. The van der Waals surface area contributed by atoms with E-state index >= 15 is 0 Å². The van der Waals surface area contributed by atoms with Gasteiger partial charge < -0.3 is 15.1 Å². The van der Waals surface area contributed by atoms with Crippen molar-refractivity contribution >= 4 is 23.5 Å². The van der Waals surface area contributed by atoms with Gasteiger partial charge in [-0.3, -0.25) is 19.2 Å². The van der Waals surface area contributed by atoms with Gasteiger partial charge in [0.25, 0.3) is 5.91 Å². The molecule has 1 aromatic carbocycles. The van der Waals surface area contributed by atoms with Crippen LogP contribution in [0.25, 0.3) is 0 Å². The Morgan fingerprint density at radius 2 is 1.81 bits per heavy atom. The molecule has 3 amide bonds. The third kappa shape index (κ3) is 5.27. The zero-order valence-electron chi connectivity index (χ0n) is 22.6. The topological polar surface area (TPSA) is 86.8 Å². The molecule has 2 saturated heterocycles. The van der Waals surface area contributed by atoms with Gasteiger partial charge in [0.05, 0.1) is 12.6 Å². The molecule has 198 valence electrons. The van der Waals surface area contributed by atoms with Crippen LogP contribution in [-0.2, 0) is 14.4 Å². The maximum atomic E-state index is 14.1. The predicted octanol–water partition coefficient (Wildman–Crippen LogP) is 3.90. The van der Waals surface area contributed by atoms with Gasteiger partial charge in [0.15, 0.2) is 5.78 Å². The highest BCUT2D eigenvalue weighted by atomic mass is 16.2. The molecule has 0 saturated carbocycles. The molecule has 2 heterocycles. The number of fused-ring (bicyclic) bond motifs is 1. The summed E-state index contributed by atoms with van der Waals surface area (Å²) in [6.45, 7) is 10.3. The Bertz CT molecular complexity index is 1140. The van der Waals surface area contributed by atoms with Crippen molar-refractivity contribution in [2.45, 2.75) is 77.9 Å². The minimum atomic E-state index is -1.16. The number of allylic oxidation sites excluding steroid dienone is 3. The largest absolute Gasteiger partial charge is 0.338 e. The van der Waals surface area contributed by atoms with E-state index in [0.29, 0.717) is 30.5 Å². The number of rotatable bonds is 7. The molecule has 1 aliphatic carbocycles. The summed E-state index contributed by atoms with van der Waals surface area (Å²) in [7, 11) is 0. The predicted molar refractivity (Wildman–Crippen MR) is 143 cm³/mol. The molecule has 2 aliphatic heterocycles. The first-order valence-corrected chi connectivity index (χ1v) is 13.5. The summed E-state index contributed by atoms with van der Waals surface area (Å²) in [6, 6.07) is 7.91. The number of likely N-dealkylation sites (tertiary alicyclic amines) is 2. The highest BCUT2D eigenvalue weighted by molar-refractivity contribution is 6.04. The smallest absolute Gasteiger partial charge is 0.254 e. The fourth-order valence-electron chi connectivity index (χ4n) is 6.22. The maximum Gasteiger partial charge on any atom is 0.254 e.